The molecule has 0 saturated carbocycles. The van der Waals surface area contributed by atoms with Gasteiger partial charge in [0.25, 0.3) is 5.56 Å². The Balaban J connectivity index is 1.85. The van der Waals surface area contributed by atoms with Gasteiger partial charge in [-0.25, -0.2) is 4.98 Å². The van der Waals surface area contributed by atoms with Gasteiger partial charge in [0.15, 0.2) is 5.16 Å². The van der Waals surface area contributed by atoms with Gasteiger partial charge in [-0.05, 0) is 12.0 Å². The number of hydrogen-bond acceptors (Lipinski definition) is 6. The van der Waals surface area contributed by atoms with Gasteiger partial charge in [0.05, 0.1) is 18.1 Å². The second kappa shape index (κ2) is 8.89. The molecule has 0 radical (unpaired) electrons. The lowest BCUT2D eigenvalue weighted by molar-refractivity contribution is -0.140. The molecular formula is C17H17N3O3S. The monoisotopic (exact) mass is 343 g/mol. The highest BCUT2D eigenvalue weighted by Gasteiger charge is 2.12. The Kier molecular flexibility index (Phi) is 6.58. The first-order chi connectivity index (χ1) is 11.6. The van der Waals surface area contributed by atoms with E-state index >= 15 is 0 Å². The molecule has 6 nitrogen and oxygen atoms in total. The van der Waals surface area contributed by atoms with Crippen molar-refractivity contribution in [3.63, 3.8) is 0 Å². The molecule has 0 bridgehead atoms. The van der Waals surface area contributed by atoms with Gasteiger partial charge < -0.3 is 9.72 Å². The molecule has 0 spiro atoms. The number of aryl methyl sites for hydroxylation is 1. The van der Waals surface area contributed by atoms with Crippen LogP contribution in [0.25, 0.3) is 0 Å². The molecule has 1 aromatic carbocycles. The smallest absolute Gasteiger partial charge is 0.316 e. The Morgan fingerprint density at radius 2 is 2.12 bits per heavy atom. The average Bonchev–Trinajstić information content (AvgIpc) is 2.60. The zero-order chi connectivity index (χ0) is 17.4. The lowest BCUT2D eigenvalue weighted by atomic mass is 10.2. The number of nitrogens with one attached hydrogen (secondary N) is 1. The molecule has 1 aromatic heterocycles. The van der Waals surface area contributed by atoms with Crippen molar-refractivity contribution in [2.45, 2.75) is 24.9 Å². The zero-order valence-electron chi connectivity index (χ0n) is 13.2. The van der Waals surface area contributed by atoms with Crippen LogP contribution in [0.3, 0.4) is 0 Å². The summed E-state index contributed by atoms with van der Waals surface area (Å²) < 4.78 is 5.17. The van der Waals surface area contributed by atoms with Gasteiger partial charge in [0, 0.05) is 6.42 Å². The van der Waals surface area contributed by atoms with Crippen LogP contribution in [0.4, 0.5) is 0 Å². The Labute approximate surface area is 143 Å². The predicted octanol–water partition coefficient (Wildman–Crippen LogP) is 2.08. The molecule has 0 aliphatic rings. The molecule has 0 fully saturated rings. The minimum Gasteiger partial charge on any atom is -0.465 e. The average molecular weight is 343 g/mol. The van der Waals surface area contributed by atoms with Gasteiger partial charge >= 0.3 is 5.97 Å². The molecule has 0 aliphatic carbocycles. The second-order valence-corrected chi connectivity index (χ2v) is 5.87. The number of ether oxygens (including phenoxy) is 1. The van der Waals surface area contributed by atoms with Crippen LogP contribution >= 0.6 is 11.8 Å². The Morgan fingerprint density at radius 3 is 2.79 bits per heavy atom. The van der Waals surface area contributed by atoms with Gasteiger partial charge in [-0.3, -0.25) is 9.59 Å². The number of H-pyrrole nitrogens is 1. The molecule has 0 amide bonds. The number of benzene rings is 1. The summed E-state index contributed by atoms with van der Waals surface area (Å²) in [5.74, 6) is -0.326. The highest BCUT2D eigenvalue weighted by Crippen LogP contribution is 2.13. The summed E-state index contributed by atoms with van der Waals surface area (Å²) in [7, 11) is 0. The van der Waals surface area contributed by atoms with Crippen molar-refractivity contribution in [1.82, 2.24) is 9.97 Å². The van der Waals surface area contributed by atoms with Crippen molar-refractivity contribution in [2.24, 2.45) is 0 Å². The van der Waals surface area contributed by atoms with Crippen molar-refractivity contribution in [2.75, 3.05) is 12.4 Å². The quantitative estimate of drug-likeness (QED) is 0.470. The van der Waals surface area contributed by atoms with E-state index in [-0.39, 0.29) is 17.3 Å². The fourth-order valence-electron chi connectivity index (χ4n) is 2.03. The molecule has 1 heterocycles. The van der Waals surface area contributed by atoms with Crippen molar-refractivity contribution < 1.29 is 9.53 Å². The van der Waals surface area contributed by atoms with E-state index in [1.165, 1.54) is 0 Å². The standard InChI is InChI=1S/C17H17N3O3S/c1-2-14-13(10-18)16(22)20-17(19-14)24-11-15(21)23-9-8-12-6-4-3-5-7-12/h3-7H,2,8-9,11H2,1H3,(H,19,20,22). The van der Waals surface area contributed by atoms with Gasteiger partial charge in [-0.2, -0.15) is 5.26 Å². The van der Waals surface area contributed by atoms with Crippen molar-refractivity contribution in [3.8, 4) is 6.07 Å². The maximum absolute atomic E-state index is 11.8. The number of carbonyl (C=O) groups excluding carboxylic acids is 1. The van der Waals surface area contributed by atoms with E-state index in [0.29, 0.717) is 30.3 Å². The normalized spacial score (nSPS) is 10.2. The van der Waals surface area contributed by atoms with Crippen LogP contribution in [0.2, 0.25) is 0 Å². The van der Waals surface area contributed by atoms with Gasteiger partial charge in [-0.1, -0.05) is 49.0 Å². The molecular weight excluding hydrogens is 326 g/mol. The van der Waals surface area contributed by atoms with E-state index in [2.05, 4.69) is 9.97 Å². The minimum atomic E-state index is -0.482. The van der Waals surface area contributed by atoms with E-state index < -0.39 is 5.56 Å². The molecule has 124 valence electrons. The summed E-state index contributed by atoms with van der Waals surface area (Å²) in [6.07, 6.45) is 1.13. The van der Waals surface area contributed by atoms with Crippen molar-refractivity contribution >= 4 is 17.7 Å². The molecule has 0 atom stereocenters. The van der Waals surface area contributed by atoms with Gasteiger partial charge in [0.1, 0.15) is 11.6 Å². The Bertz CT molecular complexity index is 797. The fourth-order valence-corrected chi connectivity index (χ4v) is 2.71. The number of rotatable bonds is 7. The second-order valence-electron chi connectivity index (χ2n) is 4.90. The number of nitriles is 1. The van der Waals surface area contributed by atoms with E-state index in [9.17, 15) is 9.59 Å². The van der Waals surface area contributed by atoms with Crippen LogP contribution in [0.5, 0.6) is 0 Å². The van der Waals surface area contributed by atoms with Crippen LogP contribution in [0.15, 0.2) is 40.3 Å². The molecule has 2 aromatic rings. The number of hydrogen-bond donors (Lipinski definition) is 1. The SMILES string of the molecule is CCc1nc(SCC(=O)OCCc2ccccc2)[nH]c(=O)c1C#N. The third-order valence-electron chi connectivity index (χ3n) is 3.24. The number of nitrogens with zero attached hydrogens (tertiary/aromatic N) is 2. The first kappa shape index (κ1) is 17.8. The molecule has 2 rings (SSSR count). The minimum absolute atomic E-state index is 0.0206. The van der Waals surface area contributed by atoms with E-state index in [4.69, 9.17) is 10.00 Å². The first-order valence-corrected chi connectivity index (χ1v) is 8.48. The van der Waals surface area contributed by atoms with Crippen LogP contribution in [-0.4, -0.2) is 28.3 Å². The summed E-state index contributed by atoms with van der Waals surface area (Å²) >= 11 is 1.09. The van der Waals surface area contributed by atoms with Gasteiger partial charge in [0.2, 0.25) is 0 Å². The zero-order valence-corrected chi connectivity index (χ0v) is 14.1. The summed E-state index contributed by atoms with van der Waals surface area (Å²) in [4.78, 5) is 30.2. The Hall–Kier alpha value is -2.59. The first-order valence-electron chi connectivity index (χ1n) is 7.49. The van der Waals surface area contributed by atoms with Crippen LogP contribution in [-0.2, 0) is 22.4 Å². The fraction of sp³-hybridized carbons (Fsp3) is 0.294. The number of carbonyl (C=O) groups is 1. The highest BCUT2D eigenvalue weighted by molar-refractivity contribution is 7.99. The summed E-state index contributed by atoms with van der Waals surface area (Å²) in [6, 6.07) is 11.6. The Morgan fingerprint density at radius 1 is 1.38 bits per heavy atom. The molecule has 0 unspecified atom stereocenters. The van der Waals surface area contributed by atoms with Crippen molar-refractivity contribution in [3.05, 3.63) is 57.5 Å². The molecule has 24 heavy (non-hydrogen) atoms. The van der Waals surface area contributed by atoms with E-state index in [1.54, 1.807) is 0 Å². The number of esters is 1. The van der Waals surface area contributed by atoms with Crippen LogP contribution in [0.1, 0.15) is 23.7 Å². The molecule has 7 heteroatoms. The number of aromatic nitrogens is 2. The van der Waals surface area contributed by atoms with Crippen LogP contribution in [0, 0.1) is 11.3 Å². The highest BCUT2D eigenvalue weighted by atomic mass is 32.2. The topological polar surface area (TPSA) is 95.8 Å². The summed E-state index contributed by atoms with van der Waals surface area (Å²) in [5.41, 5.74) is 1.07. The maximum atomic E-state index is 11.8. The number of aromatic amines is 1. The third kappa shape index (κ3) is 4.96. The van der Waals surface area contributed by atoms with Crippen molar-refractivity contribution in [1.29, 1.82) is 5.26 Å². The third-order valence-corrected chi connectivity index (χ3v) is 4.09. The number of thioether (sulfide) groups is 1. The van der Waals surface area contributed by atoms with Gasteiger partial charge in [-0.15, -0.1) is 0 Å². The lowest BCUT2D eigenvalue weighted by Crippen LogP contribution is -2.17. The summed E-state index contributed by atoms with van der Waals surface area (Å²) in [5, 5.41) is 9.26. The lowest BCUT2D eigenvalue weighted by Gasteiger charge is -2.06. The van der Waals surface area contributed by atoms with E-state index in [0.717, 1.165) is 17.3 Å². The molecule has 0 aliphatic heterocycles. The van der Waals surface area contributed by atoms with E-state index in [1.807, 2.05) is 43.3 Å². The summed E-state index contributed by atoms with van der Waals surface area (Å²) in [6.45, 7) is 2.12. The predicted molar refractivity (Wildman–Crippen MR) is 90.8 cm³/mol. The maximum Gasteiger partial charge on any atom is 0.316 e. The largest absolute Gasteiger partial charge is 0.465 e. The molecule has 0 saturated heterocycles. The van der Waals surface area contributed by atoms with Crippen LogP contribution < -0.4 is 5.56 Å². The molecule has 1 N–H and O–H groups in total.